The van der Waals surface area contributed by atoms with E-state index in [0.717, 1.165) is 18.6 Å². The van der Waals surface area contributed by atoms with Gasteiger partial charge in [-0.3, -0.25) is 10.0 Å². The van der Waals surface area contributed by atoms with Crippen molar-refractivity contribution < 1.29 is 19.5 Å². The number of hydrogen-bond acceptors (Lipinski definition) is 4. The minimum atomic E-state index is -0.960. The monoisotopic (exact) mass is 295 g/mol. The number of nitrogens with two attached hydrogens (primary N) is 1. The van der Waals surface area contributed by atoms with E-state index in [0.29, 0.717) is 17.2 Å². The van der Waals surface area contributed by atoms with Gasteiger partial charge in [0, 0.05) is 12.1 Å². The van der Waals surface area contributed by atoms with Gasteiger partial charge in [0.2, 0.25) is 0 Å². The largest absolute Gasteiger partial charge is 0.494 e. The average Bonchev–Trinajstić information content (AvgIpc) is 2.47. The molecular formula is C14H21N3O4. The fourth-order valence-electron chi connectivity index (χ4n) is 1.52. The lowest BCUT2D eigenvalue weighted by Crippen LogP contribution is -2.39. The summed E-state index contributed by atoms with van der Waals surface area (Å²) in [6.07, 6.45) is 2.05. The summed E-state index contributed by atoms with van der Waals surface area (Å²) in [5.74, 6) is 0.420. The summed E-state index contributed by atoms with van der Waals surface area (Å²) >= 11 is 0. The maximum atomic E-state index is 11.8. The Labute approximate surface area is 123 Å². The van der Waals surface area contributed by atoms with Crippen LogP contribution in [0, 0.1) is 0 Å². The van der Waals surface area contributed by atoms with Crippen LogP contribution in [0.25, 0.3) is 0 Å². The summed E-state index contributed by atoms with van der Waals surface area (Å²) < 4.78 is 5.50. The van der Waals surface area contributed by atoms with Crippen LogP contribution in [0.1, 0.15) is 30.1 Å². The van der Waals surface area contributed by atoms with Crippen LogP contribution in [0.15, 0.2) is 24.3 Å². The number of benzene rings is 1. The molecule has 1 aromatic carbocycles. The smallest absolute Gasteiger partial charge is 0.338 e. The molecule has 0 atom stereocenters. The molecule has 7 heteroatoms. The van der Waals surface area contributed by atoms with E-state index < -0.39 is 6.03 Å². The van der Waals surface area contributed by atoms with Gasteiger partial charge in [-0.2, -0.15) is 0 Å². The zero-order chi connectivity index (χ0) is 15.7. The summed E-state index contributed by atoms with van der Waals surface area (Å²) in [7, 11) is 0. The molecule has 0 spiro atoms. The number of nitrogens with one attached hydrogen (secondary N) is 1. The highest BCUT2D eigenvalue weighted by Crippen LogP contribution is 2.12. The highest BCUT2D eigenvalue weighted by molar-refractivity contribution is 5.94. The molecule has 116 valence electrons. The molecule has 0 aliphatic heterocycles. The highest BCUT2D eigenvalue weighted by Gasteiger charge is 2.08. The minimum absolute atomic E-state index is 0.0702. The van der Waals surface area contributed by atoms with Crippen LogP contribution in [0.4, 0.5) is 4.79 Å². The van der Waals surface area contributed by atoms with Crippen molar-refractivity contribution in [2.75, 3.05) is 19.7 Å². The number of rotatable bonds is 8. The SMILES string of the molecule is CCCCOc1ccc(C(=O)NCCN(O)C(N)=O)cc1. The van der Waals surface area contributed by atoms with Crippen LogP contribution in [0.3, 0.4) is 0 Å². The number of primary amides is 1. The molecule has 4 N–H and O–H groups in total. The van der Waals surface area contributed by atoms with Gasteiger partial charge in [-0.15, -0.1) is 0 Å². The summed E-state index contributed by atoms with van der Waals surface area (Å²) in [5, 5.41) is 11.9. The Morgan fingerprint density at radius 1 is 1.33 bits per heavy atom. The molecule has 1 rings (SSSR count). The first-order chi connectivity index (χ1) is 10.0. The Balaban J connectivity index is 2.39. The molecule has 0 aliphatic carbocycles. The van der Waals surface area contributed by atoms with E-state index in [1.807, 2.05) is 0 Å². The number of hydroxylamine groups is 2. The molecule has 21 heavy (non-hydrogen) atoms. The standard InChI is InChI=1S/C14H21N3O4/c1-2-3-10-21-12-6-4-11(5-7-12)13(18)16-8-9-17(20)14(15)19/h4-7,20H,2-3,8-10H2,1H3,(H2,15,19)(H,16,18). The Morgan fingerprint density at radius 2 is 2.00 bits per heavy atom. The van der Waals surface area contributed by atoms with Crippen LogP contribution >= 0.6 is 0 Å². The number of carbonyl (C=O) groups is 2. The summed E-state index contributed by atoms with van der Waals surface area (Å²) in [6.45, 7) is 2.77. The Hall–Kier alpha value is -2.28. The molecule has 0 saturated heterocycles. The first-order valence-corrected chi connectivity index (χ1v) is 6.81. The second-order valence-corrected chi connectivity index (χ2v) is 4.44. The van der Waals surface area contributed by atoms with Crippen molar-refractivity contribution in [2.24, 2.45) is 5.73 Å². The van der Waals surface area contributed by atoms with E-state index in [1.54, 1.807) is 24.3 Å². The lowest BCUT2D eigenvalue weighted by Gasteiger charge is -2.12. The van der Waals surface area contributed by atoms with Gasteiger partial charge in [-0.05, 0) is 30.7 Å². The summed E-state index contributed by atoms with van der Waals surface area (Å²) in [6, 6.07) is 5.81. The molecule has 0 aromatic heterocycles. The molecule has 0 aliphatic rings. The predicted molar refractivity (Wildman–Crippen MR) is 77.3 cm³/mol. The third-order valence-electron chi connectivity index (χ3n) is 2.75. The van der Waals surface area contributed by atoms with Crippen molar-refractivity contribution >= 4 is 11.9 Å². The van der Waals surface area contributed by atoms with E-state index in [1.165, 1.54) is 0 Å². The van der Waals surface area contributed by atoms with E-state index in [2.05, 4.69) is 12.2 Å². The average molecular weight is 295 g/mol. The maximum absolute atomic E-state index is 11.8. The van der Waals surface area contributed by atoms with E-state index in [-0.39, 0.29) is 19.0 Å². The fraction of sp³-hybridized carbons (Fsp3) is 0.429. The van der Waals surface area contributed by atoms with Crippen LogP contribution in [-0.4, -0.2) is 41.9 Å². The van der Waals surface area contributed by atoms with E-state index >= 15 is 0 Å². The van der Waals surface area contributed by atoms with Crippen molar-refractivity contribution in [3.8, 4) is 5.75 Å². The van der Waals surface area contributed by atoms with Gasteiger partial charge in [0.25, 0.3) is 5.91 Å². The van der Waals surface area contributed by atoms with E-state index in [9.17, 15) is 9.59 Å². The molecule has 0 bridgehead atoms. The quantitative estimate of drug-likeness (QED) is 0.382. The first-order valence-electron chi connectivity index (χ1n) is 6.81. The van der Waals surface area contributed by atoms with Crippen molar-refractivity contribution in [2.45, 2.75) is 19.8 Å². The molecule has 0 heterocycles. The van der Waals surface area contributed by atoms with Crippen molar-refractivity contribution in [1.29, 1.82) is 0 Å². The molecule has 0 saturated carbocycles. The van der Waals surface area contributed by atoms with Crippen LogP contribution in [-0.2, 0) is 0 Å². The first kappa shape index (κ1) is 16.8. The Kier molecular flexibility index (Phi) is 7.03. The van der Waals surface area contributed by atoms with Crippen molar-refractivity contribution in [3.63, 3.8) is 0 Å². The molecule has 0 radical (unpaired) electrons. The molecule has 0 fully saturated rings. The van der Waals surface area contributed by atoms with Gasteiger partial charge in [0.05, 0.1) is 13.2 Å². The van der Waals surface area contributed by atoms with Crippen LogP contribution in [0.2, 0.25) is 0 Å². The molecule has 0 unspecified atom stereocenters. The topological polar surface area (TPSA) is 105 Å². The van der Waals surface area contributed by atoms with Crippen molar-refractivity contribution in [3.05, 3.63) is 29.8 Å². The van der Waals surface area contributed by atoms with Gasteiger partial charge >= 0.3 is 6.03 Å². The second-order valence-electron chi connectivity index (χ2n) is 4.44. The number of ether oxygens (including phenoxy) is 1. The number of unbranched alkanes of at least 4 members (excludes halogenated alkanes) is 1. The third kappa shape index (κ3) is 6.13. The zero-order valence-corrected chi connectivity index (χ0v) is 12.0. The fourth-order valence-corrected chi connectivity index (χ4v) is 1.52. The molecule has 3 amide bonds. The number of amides is 3. The van der Waals surface area contributed by atoms with Gasteiger partial charge in [0.1, 0.15) is 5.75 Å². The molecular weight excluding hydrogens is 274 g/mol. The maximum Gasteiger partial charge on any atom is 0.338 e. The lowest BCUT2D eigenvalue weighted by atomic mass is 10.2. The number of urea groups is 1. The Morgan fingerprint density at radius 3 is 2.57 bits per heavy atom. The summed E-state index contributed by atoms with van der Waals surface area (Å²) in [5.41, 5.74) is 5.31. The van der Waals surface area contributed by atoms with Gasteiger partial charge in [0.15, 0.2) is 0 Å². The normalized spacial score (nSPS) is 10.0. The number of hydrogen-bond donors (Lipinski definition) is 3. The second kappa shape index (κ2) is 8.80. The summed E-state index contributed by atoms with van der Waals surface area (Å²) in [4.78, 5) is 22.4. The minimum Gasteiger partial charge on any atom is -0.494 e. The van der Waals surface area contributed by atoms with Crippen LogP contribution < -0.4 is 15.8 Å². The number of carbonyl (C=O) groups excluding carboxylic acids is 2. The highest BCUT2D eigenvalue weighted by atomic mass is 16.5. The van der Waals surface area contributed by atoms with Gasteiger partial charge < -0.3 is 15.8 Å². The lowest BCUT2D eigenvalue weighted by molar-refractivity contribution is -0.0376. The zero-order valence-electron chi connectivity index (χ0n) is 12.0. The van der Waals surface area contributed by atoms with Gasteiger partial charge in [-0.1, -0.05) is 13.3 Å². The molecule has 7 nitrogen and oxygen atoms in total. The Bertz CT molecular complexity index is 462. The third-order valence-corrected chi connectivity index (χ3v) is 2.75. The molecule has 1 aromatic rings. The van der Waals surface area contributed by atoms with Crippen molar-refractivity contribution in [1.82, 2.24) is 10.4 Å². The number of nitrogens with zero attached hydrogens (tertiary/aromatic N) is 1. The van der Waals surface area contributed by atoms with E-state index in [4.69, 9.17) is 15.7 Å². The predicted octanol–water partition coefficient (Wildman–Crippen LogP) is 1.37. The van der Waals surface area contributed by atoms with Gasteiger partial charge in [-0.25, -0.2) is 9.86 Å². The van der Waals surface area contributed by atoms with Crippen LogP contribution in [0.5, 0.6) is 5.75 Å².